The molecule has 9 heavy (non-hydrogen) atoms. The Balaban J connectivity index is 3.92. The molecule has 0 bridgehead atoms. The summed E-state index contributed by atoms with van der Waals surface area (Å²) in [4.78, 5) is -0.0193. The molecule has 0 saturated carbocycles. The van der Waals surface area contributed by atoms with Gasteiger partial charge in [0.25, 0.3) is 0 Å². The van der Waals surface area contributed by atoms with Crippen molar-refractivity contribution in [3.05, 3.63) is 0 Å². The van der Waals surface area contributed by atoms with E-state index in [9.17, 15) is 0 Å². The number of thiol groups is 1. The minimum Gasteiger partial charge on any atom is -0.386 e. The Morgan fingerprint density at radius 2 is 1.78 bits per heavy atom. The molecule has 0 aliphatic heterocycles. The van der Waals surface area contributed by atoms with Gasteiger partial charge in [0.2, 0.25) is 0 Å². The first-order chi connectivity index (χ1) is 4.06. The minimum absolute atomic E-state index is 0.0193. The van der Waals surface area contributed by atoms with Crippen LogP contribution < -0.4 is 0 Å². The van der Waals surface area contributed by atoms with E-state index in [0.29, 0.717) is 0 Å². The average Bonchev–Trinajstić information content (AvgIpc) is 1.86. The molecular weight excluding hydrogens is 176 g/mol. The topological polar surface area (TPSA) is 18.5 Å². The summed E-state index contributed by atoms with van der Waals surface area (Å²) in [5, 5.41) is 0. The second-order valence-corrected chi connectivity index (χ2v) is 7.36. The van der Waals surface area contributed by atoms with Crippen LogP contribution in [0.2, 0.25) is 0 Å². The first-order valence-corrected chi connectivity index (χ1v) is 5.96. The summed E-state index contributed by atoms with van der Waals surface area (Å²) in [5.74, 6) is 0. The van der Waals surface area contributed by atoms with Crippen LogP contribution in [0.25, 0.3) is 0 Å². The van der Waals surface area contributed by atoms with Crippen LogP contribution in [-0.4, -0.2) is 27.0 Å². The Kier molecular flexibility index (Phi) is 4.16. The zero-order chi connectivity index (χ0) is 7.49. The van der Waals surface area contributed by atoms with Gasteiger partial charge in [-0.15, -0.1) is 0 Å². The highest BCUT2D eigenvalue weighted by Crippen LogP contribution is 2.19. The van der Waals surface area contributed by atoms with Crippen molar-refractivity contribution in [3.8, 4) is 0 Å². The lowest BCUT2D eigenvalue weighted by atomic mass is 11.0. The van der Waals surface area contributed by atoms with E-state index in [1.807, 2.05) is 6.92 Å². The maximum absolute atomic E-state index is 5.86. The zero-order valence-corrected chi connectivity index (χ0v) is 8.37. The van der Waals surface area contributed by atoms with E-state index in [1.54, 1.807) is 0 Å². The van der Waals surface area contributed by atoms with Crippen molar-refractivity contribution in [2.75, 3.05) is 14.2 Å². The van der Waals surface area contributed by atoms with Gasteiger partial charge in [0, 0.05) is 14.2 Å². The molecule has 2 nitrogen and oxygen atoms in total. The molecule has 0 aromatic carbocycles. The van der Waals surface area contributed by atoms with Crippen molar-refractivity contribution < 1.29 is 8.85 Å². The Bertz CT molecular complexity index is 86.6. The third-order valence-electron chi connectivity index (χ3n) is 1.06. The fourth-order valence-corrected chi connectivity index (χ4v) is 1.91. The van der Waals surface area contributed by atoms with E-state index >= 15 is 0 Å². The largest absolute Gasteiger partial charge is 0.455 e. The van der Waals surface area contributed by atoms with Crippen LogP contribution in [0.1, 0.15) is 6.92 Å². The smallest absolute Gasteiger partial charge is 0.386 e. The standard InChI is InChI=1S/C4H11ClO2SSi/c1-4(8)9(5,6-2)7-3/h4,8H,1-3H3. The maximum Gasteiger partial charge on any atom is 0.455 e. The molecule has 0 aromatic rings. The van der Waals surface area contributed by atoms with Crippen molar-refractivity contribution in [1.82, 2.24) is 0 Å². The molecule has 1 atom stereocenters. The van der Waals surface area contributed by atoms with Crippen LogP contribution in [0.5, 0.6) is 0 Å². The molecule has 5 heteroatoms. The molecule has 0 saturated heterocycles. The summed E-state index contributed by atoms with van der Waals surface area (Å²) in [6.07, 6.45) is 0. The maximum atomic E-state index is 5.86. The molecule has 1 unspecified atom stereocenters. The highest BCUT2D eigenvalue weighted by Gasteiger charge is 2.38. The summed E-state index contributed by atoms with van der Waals surface area (Å²) in [6.45, 7) is 1.86. The van der Waals surface area contributed by atoms with Gasteiger partial charge in [-0.05, 0) is 0 Å². The fourth-order valence-electron chi connectivity index (χ4n) is 0.424. The van der Waals surface area contributed by atoms with E-state index in [-0.39, 0.29) is 4.87 Å². The van der Waals surface area contributed by atoms with Crippen molar-refractivity contribution >= 4 is 31.6 Å². The molecular formula is C4H11ClO2SSi. The minimum atomic E-state index is -2.44. The van der Waals surface area contributed by atoms with Gasteiger partial charge in [-0.3, -0.25) is 0 Å². The molecule has 56 valence electrons. The highest BCUT2D eigenvalue weighted by atomic mass is 35.6. The molecule has 0 aliphatic rings. The van der Waals surface area contributed by atoms with Gasteiger partial charge < -0.3 is 8.85 Å². The van der Waals surface area contributed by atoms with Crippen molar-refractivity contribution in [2.45, 2.75) is 11.8 Å². The monoisotopic (exact) mass is 186 g/mol. The normalized spacial score (nSPS) is 15.7. The van der Waals surface area contributed by atoms with Gasteiger partial charge in [-0.1, -0.05) is 18.0 Å². The molecule has 0 spiro atoms. The molecule has 0 N–H and O–H groups in total. The second kappa shape index (κ2) is 3.83. The fraction of sp³-hybridized carbons (Fsp3) is 1.00. The molecule has 0 rings (SSSR count). The van der Waals surface area contributed by atoms with E-state index in [0.717, 1.165) is 0 Å². The zero-order valence-electron chi connectivity index (χ0n) is 5.72. The van der Waals surface area contributed by atoms with Gasteiger partial charge in [0.15, 0.2) is 0 Å². The van der Waals surface area contributed by atoms with Crippen LogP contribution in [0.3, 0.4) is 0 Å². The van der Waals surface area contributed by atoms with Crippen molar-refractivity contribution in [1.29, 1.82) is 0 Å². The van der Waals surface area contributed by atoms with Crippen LogP contribution >= 0.6 is 23.7 Å². The van der Waals surface area contributed by atoms with Gasteiger partial charge in [-0.25, -0.2) is 0 Å². The van der Waals surface area contributed by atoms with E-state index in [1.165, 1.54) is 14.2 Å². The number of hydrogen-bond acceptors (Lipinski definition) is 3. The lowest BCUT2D eigenvalue weighted by Gasteiger charge is -2.22. The SMILES string of the molecule is CO[Si](Cl)(OC)C(C)S. The number of halogens is 1. The first-order valence-electron chi connectivity index (χ1n) is 2.54. The lowest BCUT2D eigenvalue weighted by Crippen LogP contribution is -2.42. The van der Waals surface area contributed by atoms with Gasteiger partial charge in [0.05, 0.1) is 4.87 Å². The first kappa shape index (κ1) is 9.78. The summed E-state index contributed by atoms with van der Waals surface area (Å²) < 4.78 is 9.91. The molecule has 0 aromatic heterocycles. The predicted octanol–water partition coefficient (Wildman–Crippen LogP) is 1.31. The van der Waals surface area contributed by atoms with Gasteiger partial charge in [0.1, 0.15) is 0 Å². The number of rotatable bonds is 3. The molecule has 0 fully saturated rings. The second-order valence-electron chi connectivity index (χ2n) is 1.67. The molecule has 0 radical (unpaired) electrons. The molecule has 0 amide bonds. The summed E-state index contributed by atoms with van der Waals surface area (Å²) in [7, 11) is 0.636. The summed E-state index contributed by atoms with van der Waals surface area (Å²) >= 11 is 9.98. The van der Waals surface area contributed by atoms with Crippen LogP contribution in [0.4, 0.5) is 0 Å². The molecule has 0 heterocycles. The quantitative estimate of drug-likeness (QED) is 0.407. The average molecular weight is 187 g/mol. The van der Waals surface area contributed by atoms with Crippen LogP contribution in [0, 0.1) is 0 Å². The summed E-state index contributed by atoms with van der Waals surface area (Å²) in [6, 6.07) is 0. The predicted molar refractivity (Wildman–Crippen MR) is 44.1 cm³/mol. The van der Waals surface area contributed by atoms with Crippen molar-refractivity contribution in [3.63, 3.8) is 0 Å². The van der Waals surface area contributed by atoms with E-state index in [4.69, 9.17) is 19.9 Å². The summed E-state index contributed by atoms with van der Waals surface area (Å²) in [5.41, 5.74) is 0. The third-order valence-corrected chi connectivity index (χ3v) is 6.55. The van der Waals surface area contributed by atoms with Gasteiger partial charge in [-0.2, -0.15) is 12.6 Å². The van der Waals surface area contributed by atoms with Gasteiger partial charge >= 0.3 is 7.87 Å². The third kappa shape index (κ3) is 2.47. The van der Waals surface area contributed by atoms with E-state index in [2.05, 4.69) is 12.6 Å². The Hall–Kier alpha value is 0.777. The van der Waals surface area contributed by atoms with Crippen LogP contribution in [0.15, 0.2) is 0 Å². The van der Waals surface area contributed by atoms with E-state index < -0.39 is 7.87 Å². The highest BCUT2D eigenvalue weighted by molar-refractivity contribution is 7.83. The van der Waals surface area contributed by atoms with Crippen LogP contribution in [-0.2, 0) is 8.85 Å². The Morgan fingerprint density at radius 1 is 1.44 bits per heavy atom. The Labute approximate surface area is 66.9 Å². The lowest BCUT2D eigenvalue weighted by molar-refractivity contribution is 0.265. The Morgan fingerprint density at radius 3 is 1.78 bits per heavy atom. The van der Waals surface area contributed by atoms with Crippen molar-refractivity contribution in [2.24, 2.45) is 0 Å². The molecule has 0 aliphatic carbocycles. The number of hydrogen-bond donors (Lipinski definition) is 1.